The first-order valence-electron chi connectivity index (χ1n) is 12.8. The quantitative estimate of drug-likeness (QED) is 0.549. The number of urea groups is 1. The highest BCUT2D eigenvalue weighted by Gasteiger charge is 2.47. The molecule has 2 atom stereocenters. The largest absolute Gasteiger partial charge is 0.477 e. The van der Waals surface area contributed by atoms with Gasteiger partial charge in [-0.2, -0.15) is 4.98 Å². The van der Waals surface area contributed by atoms with E-state index in [4.69, 9.17) is 9.47 Å². The van der Waals surface area contributed by atoms with E-state index in [1.807, 2.05) is 6.92 Å². The van der Waals surface area contributed by atoms with Crippen molar-refractivity contribution < 1.29 is 23.5 Å². The van der Waals surface area contributed by atoms with Gasteiger partial charge in [-0.3, -0.25) is 15.5 Å². The summed E-state index contributed by atoms with van der Waals surface area (Å²) in [5.74, 6) is 1.20. The Hall–Kier alpha value is -3.81. The summed E-state index contributed by atoms with van der Waals surface area (Å²) < 4.78 is 25.9. The van der Waals surface area contributed by atoms with Crippen molar-refractivity contribution in [3.05, 3.63) is 24.7 Å². The van der Waals surface area contributed by atoms with Crippen LogP contribution in [0.1, 0.15) is 26.2 Å². The topological polar surface area (TPSA) is 138 Å². The standard InChI is InChI=1S/C24H32FN9O4/c1-3-37-20-13-27-19(12-28-20)30-22(35)32(2)17-14-34(9-5-16(17)25)21-26-8-4-18(29-21)31-23(36)38-24-6-10-33(15-24)11-7-24/h4,8,12-13,16-17H,3,5-7,9-11,14-15H2,1-2H3,(H,27,30,35)(H,26,29,31,36)/t16-,17+/m1/s1. The van der Waals surface area contributed by atoms with Crippen molar-refractivity contribution in [1.29, 1.82) is 0 Å². The minimum absolute atomic E-state index is 0.174. The maximum Gasteiger partial charge on any atom is 0.413 e. The van der Waals surface area contributed by atoms with Gasteiger partial charge in [-0.05, 0) is 19.4 Å². The number of hydrogen-bond acceptors (Lipinski definition) is 10. The molecule has 3 saturated heterocycles. The first-order valence-corrected chi connectivity index (χ1v) is 12.8. The average Bonchev–Trinajstić information content (AvgIpc) is 3.50. The second-order valence-corrected chi connectivity index (χ2v) is 9.75. The lowest BCUT2D eigenvalue weighted by atomic mass is 10.00. The van der Waals surface area contributed by atoms with Gasteiger partial charge in [0.1, 0.15) is 17.6 Å². The van der Waals surface area contributed by atoms with Crippen LogP contribution in [0.3, 0.4) is 0 Å². The first-order chi connectivity index (χ1) is 18.3. The van der Waals surface area contributed by atoms with Gasteiger partial charge in [0.25, 0.3) is 0 Å². The minimum atomic E-state index is -1.23. The number of piperidine rings is 2. The molecule has 2 aromatic rings. The molecule has 5 heterocycles. The van der Waals surface area contributed by atoms with Crippen LogP contribution in [0, 0.1) is 0 Å². The Morgan fingerprint density at radius 3 is 2.66 bits per heavy atom. The van der Waals surface area contributed by atoms with Crippen LogP contribution in [0.5, 0.6) is 5.88 Å². The van der Waals surface area contributed by atoms with Crippen molar-refractivity contribution in [2.24, 2.45) is 0 Å². The zero-order valence-corrected chi connectivity index (χ0v) is 21.5. The predicted molar refractivity (Wildman–Crippen MR) is 136 cm³/mol. The molecule has 14 heteroatoms. The van der Waals surface area contributed by atoms with Gasteiger partial charge in [-0.25, -0.2) is 28.9 Å². The van der Waals surface area contributed by atoms with Crippen LogP contribution in [0.2, 0.25) is 0 Å². The molecule has 0 saturated carbocycles. The Kier molecular flexibility index (Phi) is 7.40. The van der Waals surface area contributed by atoms with Crippen LogP contribution >= 0.6 is 0 Å². The average molecular weight is 530 g/mol. The van der Waals surface area contributed by atoms with Crippen molar-refractivity contribution in [1.82, 2.24) is 29.7 Å². The molecule has 2 aromatic heterocycles. The van der Waals surface area contributed by atoms with E-state index in [1.54, 1.807) is 11.0 Å². The van der Waals surface area contributed by atoms with E-state index in [0.717, 1.165) is 32.5 Å². The van der Waals surface area contributed by atoms with E-state index in [-0.39, 0.29) is 18.8 Å². The van der Waals surface area contributed by atoms with Gasteiger partial charge < -0.3 is 19.3 Å². The van der Waals surface area contributed by atoms with Gasteiger partial charge in [0.2, 0.25) is 11.8 Å². The number of anilines is 3. The maximum atomic E-state index is 14.9. The summed E-state index contributed by atoms with van der Waals surface area (Å²) in [6, 6.07) is 0.305. The zero-order valence-electron chi connectivity index (χ0n) is 21.5. The third-order valence-electron chi connectivity index (χ3n) is 7.22. The monoisotopic (exact) mass is 529 g/mol. The van der Waals surface area contributed by atoms with Gasteiger partial charge in [0.05, 0.1) is 25.0 Å². The van der Waals surface area contributed by atoms with E-state index in [0.29, 0.717) is 30.8 Å². The van der Waals surface area contributed by atoms with Crippen molar-refractivity contribution in [2.45, 2.75) is 44.0 Å². The number of alkyl halides is 1. The maximum absolute atomic E-state index is 14.9. The number of amides is 3. The lowest BCUT2D eigenvalue weighted by molar-refractivity contribution is 0.0403. The SMILES string of the molecule is CCOc1cnc(NC(=O)N(C)[C@H]2CN(c3nccc(NC(=O)OC45CCN(CC4)C5)n3)CC[C@H]2F)cn1. The number of fused-ring (bicyclic) bond motifs is 2. The summed E-state index contributed by atoms with van der Waals surface area (Å²) in [6.07, 6.45) is 4.39. The fourth-order valence-electron chi connectivity index (χ4n) is 5.12. The Morgan fingerprint density at radius 2 is 1.97 bits per heavy atom. The number of carbonyl (C=O) groups is 2. The van der Waals surface area contributed by atoms with Crippen molar-refractivity contribution >= 4 is 29.7 Å². The third kappa shape index (κ3) is 5.69. The van der Waals surface area contributed by atoms with E-state index in [1.165, 1.54) is 30.5 Å². The number of halogens is 1. The number of nitrogens with zero attached hydrogens (tertiary/aromatic N) is 7. The second kappa shape index (κ2) is 10.9. The summed E-state index contributed by atoms with van der Waals surface area (Å²) in [5, 5.41) is 5.33. The normalized spacial score (nSPS) is 26.1. The molecule has 13 nitrogen and oxygen atoms in total. The van der Waals surface area contributed by atoms with E-state index in [2.05, 4.69) is 35.5 Å². The Balaban J connectivity index is 1.19. The van der Waals surface area contributed by atoms with Gasteiger partial charge >= 0.3 is 12.1 Å². The highest BCUT2D eigenvalue weighted by Crippen LogP contribution is 2.35. The summed E-state index contributed by atoms with van der Waals surface area (Å²) >= 11 is 0. The van der Waals surface area contributed by atoms with E-state index >= 15 is 0 Å². The Labute approximate surface area is 219 Å². The lowest BCUT2D eigenvalue weighted by Crippen LogP contribution is -2.55. The van der Waals surface area contributed by atoms with E-state index in [9.17, 15) is 14.0 Å². The first kappa shape index (κ1) is 25.8. The molecule has 3 fully saturated rings. The van der Waals surface area contributed by atoms with Gasteiger partial charge in [0.15, 0.2) is 5.82 Å². The molecule has 2 bridgehead atoms. The Bertz CT molecular complexity index is 1150. The molecule has 5 rings (SSSR count). The second-order valence-electron chi connectivity index (χ2n) is 9.75. The van der Waals surface area contributed by atoms with Crippen LogP contribution in [0.25, 0.3) is 0 Å². The van der Waals surface area contributed by atoms with Crippen molar-refractivity contribution in [3.8, 4) is 5.88 Å². The minimum Gasteiger partial charge on any atom is -0.477 e. The van der Waals surface area contributed by atoms with Crippen molar-refractivity contribution in [2.75, 3.05) is 61.9 Å². The third-order valence-corrected chi connectivity index (χ3v) is 7.22. The number of rotatable bonds is 7. The Morgan fingerprint density at radius 1 is 1.16 bits per heavy atom. The molecule has 0 aliphatic carbocycles. The van der Waals surface area contributed by atoms with Crippen LogP contribution in [0.4, 0.5) is 31.6 Å². The predicted octanol–water partition coefficient (Wildman–Crippen LogP) is 2.14. The van der Waals surface area contributed by atoms with Crippen LogP contribution in [-0.2, 0) is 4.74 Å². The molecule has 3 aliphatic rings. The van der Waals surface area contributed by atoms with Crippen LogP contribution in [-0.4, -0.2) is 106 Å². The molecule has 38 heavy (non-hydrogen) atoms. The molecule has 0 aromatic carbocycles. The summed E-state index contributed by atoms with van der Waals surface area (Å²) in [4.78, 5) is 47.7. The molecule has 0 unspecified atom stereocenters. The smallest absolute Gasteiger partial charge is 0.413 e. The zero-order chi connectivity index (χ0) is 26.7. The number of nitrogens with one attached hydrogen (secondary N) is 2. The molecule has 204 valence electrons. The lowest BCUT2D eigenvalue weighted by Gasteiger charge is -2.39. The molecule has 2 N–H and O–H groups in total. The van der Waals surface area contributed by atoms with Gasteiger partial charge in [-0.1, -0.05) is 0 Å². The molecule has 0 spiro atoms. The number of likely N-dealkylation sites (N-methyl/N-ethyl adjacent to an activating group) is 1. The van der Waals surface area contributed by atoms with Gasteiger partial charge in [0, 0.05) is 58.8 Å². The van der Waals surface area contributed by atoms with Crippen LogP contribution in [0.15, 0.2) is 24.7 Å². The fraction of sp³-hybridized carbons (Fsp3) is 0.583. The molecule has 0 radical (unpaired) electrons. The molecule has 3 amide bonds. The summed E-state index contributed by atoms with van der Waals surface area (Å²) in [6.45, 7) is 5.47. The van der Waals surface area contributed by atoms with Crippen molar-refractivity contribution in [3.63, 3.8) is 0 Å². The number of carbonyl (C=O) groups excluding carboxylic acids is 2. The summed E-state index contributed by atoms with van der Waals surface area (Å²) in [5.41, 5.74) is -0.418. The van der Waals surface area contributed by atoms with Gasteiger partial charge in [-0.15, -0.1) is 0 Å². The van der Waals surface area contributed by atoms with E-state index < -0.39 is 29.9 Å². The molecular weight excluding hydrogens is 497 g/mol. The highest BCUT2D eigenvalue weighted by molar-refractivity contribution is 5.88. The fourth-order valence-corrected chi connectivity index (χ4v) is 5.12. The summed E-state index contributed by atoms with van der Waals surface area (Å²) in [7, 11) is 1.53. The number of hydrogen-bond donors (Lipinski definition) is 2. The molecular formula is C24H32FN9O4. The number of ether oxygens (including phenoxy) is 2. The molecule has 3 aliphatic heterocycles. The van der Waals surface area contributed by atoms with Crippen LogP contribution < -0.4 is 20.3 Å². The number of aromatic nitrogens is 4. The highest BCUT2D eigenvalue weighted by atomic mass is 19.1.